The van der Waals surface area contributed by atoms with Crippen molar-refractivity contribution in [2.75, 3.05) is 13.2 Å². The molecule has 2 amide bonds. The van der Waals surface area contributed by atoms with Crippen LogP contribution in [0.2, 0.25) is 0 Å². The third-order valence-corrected chi connectivity index (χ3v) is 8.03. The van der Waals surface area contributed by atoms with Crippen molar-refractivity contribution in [2.24, 2.45) is 11.7 Å². The van der Waals surface area contributed by atoms with Gasteiger partial charge in [0.15, 0.2) is 0 Å². The molecule has 1 heterocycles. The number of likely N-dealkylation sites (tertiary alicyclic amines) is 1. The molecular weight excluding hydrogens is 573 g/mol. The number of carbonyl (C=O) groups excluding carboxylic acids is 2. The van der Waals surface area contributed by atoms with Gasteiger partial charge in [0, 0.05) is 12.5 Å². The summed E-state index contributed by atoms with van der Waals surface area (Å²) in [5.74, 6) is -0.239. The monoisotopic (exact) mass is 614 g/mol. The second kappa shape index (κ2) is 14.6. The van der Waals surface area contributed by atoms with Crippen LogP contribution in [0.5, 0.6) is 0 Å². The van der Waals surface area contributed by atoms with Crippen LogP contribution >= 0.6 is 0 Å². The van der Waals surface area contributed by atoms with Crippen LogP contribution in [-0.4, -0.2) is 36.3 Å². The van der Waals surface area contributed by atoms with Crippen LogP contribution in [0.1, 0.15) is 68.0 Å². The summed E-state index contributed by atoms with van der Waals surface area (Å²) < 4.78 is 58.0. The molecule has 0 bridgehead atoms. The highest BCUT2D eigenvalue weighted by atomic mass is 19.4. The molecule has 0 aliphatic carbocycles. The molecular formula is C34H41F3N2O5. The second-order valence-corrected chi connectivity index (χ2v) is 11.1. The van der Waals surface area contributed by atoms with Crippen molar-refractivity contribution in [3.8, 4) is 0 Å². The van der Waals surface area contributed by atoms with Gasteiger partial charge in [-0.05, 0) is 62.4 Å². The first-order chi connectivity index (χ1) is 20.4. The van der Waals surface area contributed by atoms with Crippen molar-refractivity contribution >= 4 is 12.2 Å². The van der Waals surface area contributed by atoms with E-state index < -0.39 is 41.7 Å². The Bertz CT molecular complexity index is 1390. The predicted octanol–water partition coefficient (Wildman–Crippen LogP) is 8.16. The lowest BCUT2D eigenvalue weighted by atomic mass is 9.76. The number of primary amides is 1. The SMILES string of the molecule is C.Cc1cc([C@@H](C)OC[C@@]2(c3ccccc3)CCC(C(C)OC(N)=O)CN2C(=O)OCc2ccccc2)cc(C(F)(F)F)c1. The standard InChI is InChI=1S/C33H37F3N2O5.CH4/c1-22-16-27(18-29(17-22)33(34,35)36)23(2)42-21-32(28-12-8-5-9-13-28)15-14-26(24(3)43-30(37)39)19-38(32)31(40)41-20-25-10-6-4-7-11-25;/h4-13,16-18,23-24,26H,14-15,19-21H2,1-3H3,(H2,37,39);1H4/t23-,24?,26?,32-;/m1./s1. The fourth-order valence-electron chi connectivity index (χ4n) is 5.62. The quantitative estimate of drug-likeness (QED) is 0.263. The summed E-state index contributed by atoms with van der Waals surface area (Å²) in [5, 5.41) is 0. The fourth-order valence-corrected chi connectivity index (χ4v) is 5.62. The number of alkyl halides is 3. The number of hydrogen-bond donors (Lipinski definition) is 1. The zero-order chi connectivity index (χ0) is 31.2. The minimum absolute atomic E-state index is 0. The molecule has 0 saturated carbocycles. The van der Waals surface area contributed by atoms with Crippen LogP contribution < -0.4 is 5.73 Å². The zero-order valence-corrected chi connectivity index (χ0v) is 24.5. The molecule has 4 rings (SSSR count). The predicted molar refractivity (Wildman–Crippen MR) is 162 cm³/mol. The lowest BCUT2D eigenvalue weighted by Gasteiger charge is -2.50. The molecule has 3 aromatic rings. The number of nitrogens with two attached hydrogens (primary N) is 1. The van der Waals surface area contributed by atoms with Crippen LogP contribution in [-0.2, 0) is 32.5 Å². The van der Waals surface area contributed by atoms with Gasteiger partial charge in [-0.25, -0.2) is 9.59 Å². The molecule has 0 radical (unpaired) electrons. The molecule has 0 spiro atoms. The number of hydrogen-bond acceptors (Lipinski definition) is 5. The van der Waals surface area contributed by atoms with Crippen molar-refractivity contribution in [1.82, 2.24) is 4.90 Å². The van der Waals surface area contributed by atoms with Gasteiger partial charge in [-0.3, -0.25) is 4.90 Å². The normalized spacial score (nSPS) is 19.8. The van der Waals surface area contributed by atoms with Gasteiger partial charge in [0.05, 0.1) is 23.8 Å². The number of benzene rings is 3. The molecule has 4 atom stereocenters. The highest BCUT2D eigenvalue weighted by molar-refractivity contribution is 5.70. The number of nitrogens with zero attached hydrogens (tertiary/aromatic N) is 1. The maximum absolute atomic E-state index is 13.9. The first-order valence-electron chi connectivity index (χ1n) is 14.2. The number of piperidine rings is 1. The van der Waals surface area contributed by atoms with Gasteiger partial charge in [0.2, 0.25) is 0 Å². The summed E-state index contributed by atoms with van der Waals surface area (Å²) >= 11 is 0. The van der Waals surface area contributed by atoms with Gasteiger partial charge in [0.25, 0.3) is 0 Å². The highest BCUT2D eigenvalue weighted by Crippen LogP contribution is 2.43. The van der Waals surface area contributed by atoms with Gasteiger partial charge < -0.3 is 19.9 Å². The van der Waals surface area contributed by atoms with E-state index in [9.17, 15) is 22.8 Å². The van der Waals surface area contributed by atoms with Gasteiger partial charge in [-0.1, -0.05) is 79.7 Å². The van der Waals surface area contributed by atoms with Crippen LogP contribution in [0.15, 0.2) is 78.9 Å². The minimum Gasteiger partial charge on any atom is -0.446 e. The number of ether oxygens (including phenoxy) is 3. The van der Waals surface area contributed by atoms with E-state index in [4.69, 9.17) is 19.9 Å². The van der Waals surface area contributed by atoms with Crippen LogP contribution in [0, 0.1) is 12.8 Å². The van der Waals surface area contributed by atoms with Gasteiger partial charge in [-0.2, -0.15) is 13.2 Å². The Kier molecular flexibility index (Phi) is 11.4. The van der Waals surface area contributed by atoms with E-state index in [1.807, 2.05) is 60.7 Å². The number of halogens is 3. The van der Waals surface area contributed by atoms with Crippen molar-refractivity contribution in [3.05, 3.63) is 107 Å². The molecule has 0 aromatic heterocycles. The first kappa shape index (κ1) is 34.4. The van der Waals surface area contributed by atoms with E-state index in [1.165, 1.54) is 0 Å². The maximum Gasteiger partial charge on any atom is 0.416 e. The molecule has 44 heavy (non-hydrogen) atoms. The summed E-state index contributed by atoms with van der Waals surface area (Å²) in [6.07, 6.45) is -6.28. The lowest BCUT2D eigenvalue weighted by molar-refractivity contribution is -0.137. The highest BCUT2D eigenvalue weighted by Gasteiger charge is 2.48. The molecule has 1 fully saturated rings. The third kappa shape index (κ3) is 8.31. The topological polar surface area (TPSA) is 91.1 Å². The van der Waals surface area contributed by atoms with E-state index >= 15 is 0 Å². The number of carbonyl (C=O) groups is 2. The molecule has 1 aliphatic rings. The Hall–Kier alpha value is -4.05. The van der Waals surface area contributed by atoms with Gasteiger partial charge in [-0.15, -0.1) is 0 Å². The van der Waals surface area contributed by atoms with Crippen LogP contribution in [0.4, 0.5) is 22.8 Å². The first-order valence-corrected chi connectivity index (χ1v) is 14.2. The molecule has 2 N–H and O–H groups in total. The molecule has 1 saturated heterocycles. The fraction of sp³-hybridized carbons (Fsp3) is 0.412. The summed E-state index contributed by atoms with van der Waals surface area (Å²) in [6, 6.07) is 22.5. The van der Waals surface area contributed by atoms with Gasteiger partial charge in [0.1, 0.15) is 12.7 Å². The van der Waals surface area contributed by atoms with Crippen LogP contribution in [0.25, 0.3) is 0 Å². The average Bonchev–Trinajstić information content (AvgIpc) is 2.98. The Labute approximate surface area is 257 Å². The van der Waals surface area contributed by atoms with Crippen molar-refractivity contribution in [3.63, 3.8) is 0 Å². The molecule has 3 aromatic carbocycles. The summed E-state index contributed by atoms with van der Waals surface area (Å²) in [6.45, 7) is 5.24. The molecule has 7 nitrogen and oxygen atoms in total. The van der Waals surface area contributed by atoms with Crippen molar-refractivity contribution < 1.29 is 37.0 Å². The molecule has 1 aliphatic heterocycles. The van der Waals surface area contributed by atoms with E-state index in [2.05, 4.69) is 0 Å². The van der Waals surface area contributed by atoms with E-state index in [1.54, 1.807) is 31.7 Å². The Morgan fingerprint density at radius 3 is 2.27 bits per heavy atom. The lowest BCUT2D eigenvalue weighted by Crippen LogP contribution is -2.58. The zero-order valence-electron chi connectivity index (χ0n) is 24.5. The smallest absolute Gasteiger partial charge is 0.416 e. The number of rotatable bonds is 9. The molecule has 2 unspecified atom stereocenters. The number of aryl methyl sites for hydroxylation is 1. The van der Waals surface area contributed by atoms with Gasteiger partial charge >= 0.3 is 18.4 Å². The van der Waals surface area contributed by atoms with Crippen molar-refractivity contribution in [1.29, 1.82) is 0 Å². The Morgan fingerprint density at radius 1 is 1.02 bits per heavy atom. The van der Waals surface area contributed by atoms with Crippen LogP contribution in [0.3, 0.4) is 0 Å². The van der Waals surface area contributed by atoms with E-state index in [-0.39, 0.29) is 33.1 Å². The summed E-state index contributed by atoms with van der Waals surface area (Å²) in [7, 11) is 0. The molecule has 10 heteroatoms. The Morgan fingerprint density at radius 2 is 1.66 bits per heavy atom. The van der Waals surface area contributed by atoms with E-state index in [0.29, 0.717) is 24.0 Å². The Balaban J connectivity index is 0.00000529. The molecule has 238 valence electrons. The van der Waals surface area contributed by atoms with E-state index in [0.717, 1.165) is 23.3 Å². The minimum atomic E-state index is -4.49. The average molecular weight is 615 g/mol. The third-order valence-electron chi connectivity index (χ3n) is 8.03. The summed E-state index contributed by atoms with van der Waals surface area (Å²) in [5.41, 5.74) is 5.97. The summed E-state index contributed by atoms with van der Waals surface area (Å²) in [4.78, 5) is 27.0. The largest absolute Gasteiger partial charge is 0.446 e. The number of amides is 2. The maximum atomic E-state index is 13.9. The second-order valence-electron chi connectivity index (χ2n) is 11.1. The van der Waals surface area contributed by atoms with Crippen molar-refractivity contribution in [2.45, 2.75) is 71.6 Å².